The van der Waals surface area contributed by atoms with Crippen molar-refractivity contribution in [3.8, 4) is 5.75 Å². The number of nitrogens with one attached hydrogen (secondary N) is 2. The lowest BCUT2D eigenvalue weighted by atomic mass is 10.0. The zero-order chi connectivity index (χ0) is 32.7. The molecule has 3 aromatic rings. The number of carbonyl (C=O) groups is 3. The summed E-state index contributed by atoms with van der Waals surface area (Å²) in [7, 11) is -3.85. The number of ketones is 1. The molecule has 2 saturated heterocycles. The van der Waals surface area contributed by atoms with Crippen LogP contribution in [-0.2, 0) is 24.3 Å². The molecular weight excluding hydrogens is 612 g/mol. The maximum Gasteiger partial charge on any atom is 0.287 e. The number of fused-ring (bicyclic) bond motifs is 1. The average molecular weight is 655 g/mol. The Hall–Kier alpha value is -3.78. The third-order valence-electron chi connectivity index (χ3n) is 8.14. The first-order valence-electron chi connectivity index (χ1n) is 15.8. The molecule has 2 aliphatic rings. The summed E-state index contributed by atoms with van der Waals surface area (Å²) < 4.78 is 44.5. The van der Waals surface area contributed by atoms with Crippen molar-refractivity contribution in [1.82, 2.24) is 19.8 Å². The molecule has 2 N–H and O–H groups in total. The molecule has 1 unspecified atom stereocenters. The van der Waals surface area contributed by atoms with Gasteiger partial charge in [0.2, 0.25) is 15.9 Å². The van der Waals surface area contributed by atoms with Crippen LogP contribution in [0.5, 0.6) is 5.75 Å². The molecule has 248 valence electrons. The highest BCUT2D eigenvalue weighted by Crippen LogP contribution is 2.25. The topological polar surface area (TPSA) is 147 Å². The number of ether oxygens (including phenoxy) is 2. The van der Waals surface area contributed by atoms with Crippen molar-refractivity contribution in [2.24, 2.45) is 5.92 Å². The molecule has 0 bridgehead atoms. The molecule has 46 heavy (non-hydrogen) atoms. The quantitative estimate of drug-likeness (QED) is 0.301. The fraction of sp³-hybridized carbons (Fsp3) is 0.485. The number of rotatable bonds is 12. The van der Waals surface area contributed by atoms with E-state index in [2.05, 4.69) is 15.5 Å². The van der Waals surface area contributed by atoms with Gasteiger partial charge in [-0.05, 0) is 61.6 Å². The zero-order valence-electron chi connectivity index (χ0n) is 26.3. The van der Waals surface area contributed by atoms with Crippen LogP contribution in [0, 0.1) is 5.92 Å². The van der Waals surface area contributed by atoms with E-state index in [-0.39, 0.29) is 36.1 Å². The van der Waals surface area contributed by atoms with Gasteiger partial charge in [-0.1, -0.05) is 32.0 Å². The van der Waals surface area contributed by atoms with E-state index < -0.39 is 39.7 Å². The van der Waals surface area contributed by atoms with Crippen LogP contribution in [-0.4, -0.2) is 99.8 Å². The molecule has 2 fully saturated rings. The molecule has 2 atom stereocenters. The lowest BCUT2D eigenvalue weighted by Crippen LogP contribution is -2.52. The maximum atomic E-state index is 13.4. The smallest absolute Gasteiger partial charge is 0.287 e. The molecular formula is C33H42N4O8S. The fourth-order valence-corrected chi connectivity index (χ4v) is 7.11. The molecule has 2 aliphatic heterocycles. The summed E-state index contributed by atoms with van der Waals surface area (Å²) in [5, 5.41) is 6.25. The second-order valence-corrected chi connectivity index (χ2v) is 14.0. The van der Waals surface area contributed by atoms with Crippen LogP contribution in [0.4, 0.5) is 0 Å². The van der Waals surface area contributed by atoms with Gasteiger partial charge in [0.25, 0.3) is 5.91 Å². The van der Waals surface area contributed by atoms with Crippen molar-refractivity contribution >= 4 is 38.6 Å². The van der Waals surface area contributed by atoms with Gasteiger partial charge >= 0.3 is 0 Å². The summed E-state index contributed by atoms with van der Waals surface area (Å²) in [5.74, 6) is -0.700. The molecule has 2 amide bonds. The summed E-state index contributed by atoms with van der Waals surface area (Å²) in [6.45, 7) is 8.20. The van der Waals surface area contributed by atoms with Gasteiger partial charge in [-0.3, -0.25) is 19.3 Å². The Kier molecular flexibility index (Phi) is 11.1. The van der Waals surface area contributed by atoms with Crippen LogP contribution >= 0.6 is 0 Å². The fourth-order valence-electron chi connectivity index (χ4n) is 5.64. The van der Waals surface area contributed by atoms with E-state index in [4.69, 9.17) is 13.9 Å². The zero-order valence-corrected chi connectivity index (χ0v) is 27.1. The Bertz CT molecular complexity index is 1620. The lowest BCUT2D eigenvalue weighted by Gasteiger charge is -2.26. The number of morpholine rings is 1. The summed E-state index contributed by atoms with van der Waals surface area (Å²) in [6.07, 6.45) is 1.00. The van der Waals surface area contributed by atoms with E-state index in [1.165, 1.54) is 12.1 Å². The Balaban J connectivity index is 1.20. The Labute approximate surface area is 269 Å². The normalized spacial score (nSPS) is 19.1. The number of amides is 2. The van der Waals surface area contributed by atoms with Crippen molar-refractivity contribution in [2.45, 2.75) is 50.1 Å². The number of sulfonamides is 1. The second kappa shape index (κ2) is 15.2. The van der Waals surface area contributed by atoms with Gasteiger partial charge in [-0.2, -0.15) is 4.31 Å². The van der Waals surface area contributed by atoms with Gasteiger partial charge < -0.3 is 24.5 Å². The Morgan fingerprint density at radius 1 is 1.04 bits per heavy atom. The summed E-state index contributed by atoms with van der Waals surface area (Å²) in [5.41, 5.74) is 0.509. The number of carbonyl (C=O) groups excluding carboxylic acids is 3. The number of hydrogen-bond acceptors (Lipinski definition) is 9. The Morgan fingerprint density at radius 2 is 1.80 bits per heavy atom. The van der Waals surface area contributed by atoms with E-state index in [1.807, 2.05) is 19.9 Å². The summed E-state index contributed by atoms with van der Waals surface area (Å²) in [6, 6.07) is 13.1. The van der Waals surface area contributed by atoms with Crippen LogP contribution in [0.2, 0.25) is 0 Å². The van der Waals surface area contributed by atoms with Gasteiger partial charge in [-0.25, -0.2) is 8.42 Å². The molecule has 13 heteroatoms. The number of benzene rings is 2. The molecule has 0 radical (unpaired) electrons. The van der Waals surface area contributed by atoms with E-state index >= 15 is 0 Å². The predicted molar refractivity (Wildman–Crippen MR) is 171 cm³/mol. The molecule has 12 nitrogen and oxygen atoms in total. The standard InChI is InChI=1S/C33H42N4O8S/c1-23(2)19-28(32(39)34-27-9-6-12-37(22-29(27)38)46(41,42)26-7-4-3-5-8-26)35-33(40)31-21-24-20-25(10-11-30(24)45-31)44-18-15-36-13-16-43-17-14-36/h3-5,7-8,10-11,20-21,23,27-28H,6,9,12-19,22H2,1-2H3,(H,34,39)(H,35,40)/t27?,28-/m0/s1. The summed E-state index contributed by atoms with van der Waals surface area (Å²) >= 11 is 0. The number of Topliss-reactive ketones (excluding diaryl/α,β-unsaturated/α-hetero) is 1. The van der Waals surface area contributed by atoms with Crippen molar-refractivity contribution in [1.29, 1.82) is 0 Å². The third kappa shape index (κ3) is 8.52. The van der Waals surface area contributed by atoms with E-state index in [0.29, 0.717) is 36.2 Å². The van der Waals surface area contributed by atoms with E-state index in [0.717, 1.165) is 37.2 Å². The van der Waals surface area contributed by atoms with E-state index in [1.54, 1.807) is 36.4 Å². The first-order chi connectivity index (χ1) is 22.1. The largest absolute Gasteiger partial charge is 0.492 e. The highest BCUT2D eigenvalue weighted by atomic mass is 32.2. The van der Waals surface area contributed by atoms with Crippen LogP contribution in [0.25, 0.3) is 11.0 Å². The molecule has 2 aromatic carbocycles. The van der Waals surface area contributed by atoms with Gasteiger partial charge in [0.1, 0.15) is 24.0 Å². The highest BCUT2D eigenvalue weighted by molar-refractivity contribution is 7.89. The van der Waals surface area contributed by atoms with Crippen molar-refractivity contribution in [3.63, 3.8) is 0 Å². The van der Waals surface area contributed by atoms with Gasteiger partial charge in [0, 0.05) is 31.6 Å². The molecule has 5 rings (SSSR count). The molecule has 0 aliphatic carbocycles. The SMILES string of the molecule is CC(C)C[C@H](NC(=O)c1cc2cc(OCCN3CCOCC3)ccc2o1)C(=O)NC1CCCN(S(=O)(=O)c2ccccc2)CC1=O. The predicted octanol–water partition coefficient (Wildman–Crippen LogP) is 2.83. The average Bonchev–Trinajstić information content (AvgIpc) is 3.38. The molecule has 0 spiro atoms. The number of furan rings is 1. The van der Waals surface area contributed by atoms with Crippen LogP contribution in [0.15, 0.2) is 63.9 Å². The molecule has 1 aromatic heterocycles. The van der Waals surface area contributed by atoms with Crippen molar-refractivity contribution in [3.05, 3.63) is 60.4 Å². The first kappa shape index (κ1) is 33.6. The molecule has 3 heterocycles. The van der Waals surface area contributed by atoms with Gasteiger partial charge in [0.15, 0.2) is 11.5 Å². The van der Waals surface area contributed by atoms with Crippen LogP contribution in [0.3, 0.4) is 0 Å². The number of hydrogen-bond donors (Lipinski definition) is 2. The van der Waals surface area contributed by atoms with Crippen LogP contribution < -0.4 is 15.4 Å². The van der Waals surface area contributed by atoms with Crippen molar-refractivity contribution in [2.75, 3.05) is 52.5 Å². The minimum Gasteiger partial charge on any atom is -0.492 e. The van der Waals surface area contributed by atoms with Crippen LogP contribution in [0.1, 0.15) is 43.7 Å². The minimum absolute atomic E-state index is 0.0503. The highest BCUT2D eigenvalue weighted by Gasteiger charge is 2.34. The van der Waals surface area contributed by atoms with Gasteiger partial charge in [0.05, 0.1) is 30.7 Å². The first-order valence-corrected chi connectivity index (χ1v) is 17.2. The third-order valence-corrected chi connectivity index (χ3v) is 10.00. The van der Waals surface area contributed by atoms with E-state index in [9.17, 15) is 22.8 Å². The lowest BCUT2D eigenvalue weighted by molar-refractivity contribution is -0.129. The summed E-state index contributed by atoms with van der Waals surface area (Å²) in [4.78, 5) is 42.3. The van der Waals surface area contributed by atoms with Crippen molar-refractivity contribution < 1.29 is 36.7 Å². The Morgan fingerprint density at radius 3 is 2.54 bits per heavy atom. The second-order valence-electron chi connectivity index (χ2n) is 12.1. The number of nitrogens with zero attached hydrogens (tertiary/aromatic N) is 2. The molecule has 0 saturated carbocycles. The van der Waals surface area contributed by atoms with Gasteiger partial charge in [-0.15, -0.1) is 0 Å². The maximum absolute atomic E-state index is 13.4. The minimum atomic E-state index is -3.85. The monoisotopic (exact) mass is 654 g/mol.